The second-order valence-electron chi connectivity index (χ2n) is 7.18. The number of hydrogen-bond donors (Lipinski definition) is 2. The minimum atomic E-state index is -0.750. The van der Waals surface area contributed by atoms with Gasteiger partial charge in [0.25, 0.3) is 0 Å². The van der Waals surface area contributed by atoms with Gasteiger partial charge >= 0.3 is 5.97 Å². The van der Waals surface area contributed by atoms with Crippen molar-refractivity contribution < 1.29 is 19.8 Å². The number of carbonyl (C=O) groups is 2. The number of benzene rings is 1. The normalized spacial score (nSPS) is 18.5. The Kier molecular flexibility index (Phi) is 10.1. The van der Waals surface area contributed by atoms with Gasteiger partial charge < -0.3 is 15.1 Å². The average molecular weight is 406 g/mol. The maximum atomic E-state index is 12.3. The van der Waals surface area contributed by atoms with Gasteiger partial charge in [-0.15, -0.1) is 11.8 Å². The predicted octanol–water partition coefficient (Wildman–Crippen LogP) is 4.21. The number of carboxylic acid groups (broad SMARTS) is 1. The first-order valence-corrected chi connectivity index (χ1v) is 11.1. The minimum absolute atomic E-state index is 0.0484. The Labute approximate surface area is 171 Å². The standard InChI is InChI=1S/C22H31NO4S/c24-20-12-8-11-19(23(20)16-7-2-1-6-13-21(25)26)14-15-22(27)28-17-18-9-4-3-5-10-18/h3-5,9-10,14-15,19,22,27H,1-2,6-8,11-13,16-17H2,(H,25,26)/b15-14+/t19-,22?/m1/s1. The first kappa shape index (κ1) is 22.5. The molecule has 1 aromatic rings. The molecule has 28 heavy (non-hydrogen) atoms. The van der Waals surface area contributed by atoms with Crippen molar-refractivity contribution in [2.75, 3.05) is 6.54 Å². The number of nitrogens with zero attached hydrogens (tertiary/aromatic N) is 1. The van der Waals surface area contributed by atoms with Gasteiger partial charge in [-0.1, -0.05) is 49.2 Å². The third kappa shape index (κ3) is 8.48. The number of likely N-dealkylation sites (tertiary alicyclic amines) is 1. The summed E-state index contributed by atoms with van der Waals surface area (Å²) >= 11 is 1.47. The van der Waals surface area contributed by atoms with Crippen molar-refractivity contribution >= 4 is 23.6 Å². The molecule has 2 N–H and O–H groups in total. The van der Waals surface area contributed by atoms with E-state index < -0.39 is 11.4 Å². The fourth-order valence-corrected chi connectivity index (χ4v) is 4.14. The van der Waals surface area contributed by atoms with Gasteiger partial charge in [0.1, 0.15) is 5.44 Å². The minimum Gasteiger partial charge on any atom is -0.481 e. The summed E-state index contributed by atoms with van der Waals surface area (Å²) < 4.78 is 0. The van der Waals surface area contributed by atoms with Crippen molar-refractivity contribution in [3.8, 4) is 0 Å². The molecule has 0 bridgehead atoms. The zero-order valence-corrected chi connectivity index (χ0v) is 17.2. The Morgan fingerprint density at radius 1 is 1.21 bits per heavy atom. The summed E-state index contributed by atoms with van der Waals surface area (Å²) in [6, 6.07) is 10.1. The van der Waals surface area contributed by atoms with E-state index in [9.17, 15) is 14.7 Å². The van der Waals surface area contributed by atoms with E-state index in [0.717, 1.165) is 37.9 Å². The number of thioether (sulfide) groups is 1. The second kappa shape index (κ2) is 12.6. The molecule has 1 unspecified atom stereocenters. The molecule has 1 amide bonds. The van der Waals surface area contributed by atoms with Crippen LogP contribution >= 0.6 is 11.8 Å². The number of rotatable bonds is 12. The Morgan fingerprint density at radius 2 is 1.96 bits per heavy atom. The first-order chi connectivity index (χ1) is 13.6. The predicted molar refractivity (Wildman–Crippen MR) is 113 cm³/mol. The lowest BCUT2D eigenvalue weighted by Gasteiger charge is -2.34. The van der Waals surface area contributed by atoms with E-state index in [1.807, 2.05) is 41.3 Å². The molecule has 1 heterocycles. The molecule has 6 heteroatoms. The van der Waals surface area contributed by atoms with Crippen LogP contribution in [0, 0.1) is 0 Å². The summed E-state index contributed by atoms with van der Waals surface area (Å²) in [5.74, 6) is 0.175. The van der Waals surface area contributed by atoms with Crippen LogP contribution in [0.25, 0.3) is 0 Å². The highest BCUT2D eigenvalue weighted by molar-refractivity contribution is 7.99. The highest BCUT2D eigenvalue weighted by Gasteiger charge is 2.25. The molecule has 1 aliphatic heterocycles. The Balaban J connectivity index is 1.75. The van der Waals surface area contributed by atoms with Crippen LogP contribution in [0.15, 0.2) is 42.5 Å². The molecule has 5 nitrogen and oxygen atoms in total. The monoisotopic (exact) mass is 405 g/mol. The lowest BCUT2D eigenvalue weighted by Crippen LogP contribution is -2.43. The quantitative estimate of drug-likeness (QED) is 0.309. The third-order valence-corrected chi connectivity index (χ3v) is 5.91. The zero-order valence-electron chi connectivity index (χ0n) is 16.3. The summed E-state index contributed by atoms with van der Waals surface area (Å²) in [6.45, 7) is 0.703. The number of piperidine rings is 1. The van der Waals surface area contributed by atoms with E-state index in [1.54, 1.807) is 6.08 Å². The van der Waals surface area contributed by atoms with E-state index in [2.05, 4.69) is 0 Å². The van der Waals surface area contributed by atoms with E-state index in [4.69, 9.17) is 5.11 Å². The number of unbranched alkanes of at least 4 members (excludes halogenated alkanes) is 3. The van der Waals surface area contributed by atoms with Crippen molar-refractivity contribution in [3.63, 3.8) is 0 Å². The van der Waals surface area contributed by atoms with E-state index >= 15 is 0 Å². The lowest BCUT2D eigenvalue weighted by atomic mass is 10.00. The van der Waals surface area contributed by atoms with Crippen molar-refractivity contribution in [3.05, 3.63) is 48.0 Å². The maximum absolute atomic E-state index is 12.3. The van der Waals surface area contributed by atoms with E-state index in [-0.39, 0.29) is 18.4 Å². The molecule has 1 aliphatic rings. The molecule has 0 saturated carbocycles. The van der Waals surface area contributed by atoms with Gasteiger partial charge in [-0.05, 0) is 37.3 Å². The summed E-state index contributed by atoms with van der Waals surface area (Å²) in [7, 11) is 0. The Hall–Kier alpha value is -1.79. The number of hydrogen-bond acceptors (Lipinski definition) is 4. The van der Waals surface area contributed by atoms with Gasteiger partial charge in [-0.2, -0.15) is 0 Å². The van der Waals surface area contributed by atoms with Gasteiger partial charge in [0.2, 0.25) is 5.91 Å². The molecule has 2 atom stereocenters. The number of aliphatic hydroxyl groups is 1. The first-order valence-electron chi connectivity index (χ1n) is 10.1. The van der Waals surface area contributed by atoms with Gasteiger partial charge in [-0.3, -0.25) is 9.59 Å². The molecule has 1 fully saturated rings. The van der Waals surface area contributed by atoms with Crippen LogP contribution in [0.3, 0.4) is 0 Å². The Morgan fingerprint density at radius 3 is 2.71 bits per heavy atom. The van der Waals surface area contributed by atoms with Crippen LogP contribution in [0.4, 0.5) is 0 Å². The van der Waals surface area contributed by atoms with Crippen LogP contribution in [0.5, 0.6) is 0 Å². The summed E-state index contributed by atoms with van der Waals surface area (Å²) in [6.07, 6.45) is 9.79. The van der Waals surface area contributed by atoms with Gasteiger partial charge in [-0.25, -0.2) is 0 Å². The maximum Gasteiger partial charge on any atom is 0.303 e. The third-order valence-electron chi connectivity index (χ3n) is 4.91. The second-order valence-corrected chi connectivity index (χ2v) is 8.28. The van der Waals surface area contributed by atoms with Gasteiger partial charge in [0.15, 0.2) is 0 Å². The smallest absolute Gasteiger partial charge is 0.303 e. The fourth-order valence-electron chi connectivity index (χ4n) is 3.38. The molecule has 0 aliphatic carbocycles. The van der Waals surface area contributed by atoms with Crippen LogP contribution in [-0.2, 0) is 15.3 Å². The molecular formula is C22H31NO4S. The number of aliphatic hydroxyl groups excluding tert-OH is 1. The average Bonchev–Trinajstić information content (AvgIpc) is 2.69. The van der Waals surface area contributed by atoms with E-state index in [1.165, 1.54) is 17.3 Å². The van der Waals surface area contributed by atoms with Crippen LogP contribution in [-0.4, -0.2) is 45.0 Å². The number of amides is 1. The molecular weight excluding hydrogens is 374 g/mol. The van der Waals surface area contributed by atoms with Crippen LogP contribution in [0.2, 0.25) is 0 Å². The molecule has 0 radical (unpaired) electrons. The molecule has 0 spiro atoms. The van der Waals surface area contributed by atoms with Gasteiger partial charge in [0.05, 0.1) is 6.04 Å². The van der Waals surface area contributed by atoms with Gasteiger partial charge in [0, 0.05) is 25.1 Å². The molecule has 154 valence electrons. The van der Waals surface area contributed by atoms with Crippen LogP contribution < -0.4 is 0 Å². The van der Waals surface area contributed by atoms with Crippen molar-refractivity contribution in [1.82, 2.24) is 4.90 Å². The number of carbonyl (C=O) groups excluding carboxylic acids is 1. The molecule has 1 aromatic carbocycles. The fraction of sp³-hybridized carbons (Fsp3) is 0.545. The Bertz CT molecular complexity index is 635. The lowest BCUT2D eigenvalue weighted by molar-refractivity contribution is -0.137. The molecule has 2 rings (SSSR count). The van der Waals surface area contributed by atoms with Crippen molar-refractivity contribution in [2.24, 2.45) is 0 Å². The highest BCUT2D eigenvalue weighted by Crippen LogP contribution is 2.22. The van der Waals surface area contributed by atoms with E-state index in [0.29, 0.717) is 19.4 Å². The largest absolute Gasteiger partial charge is 0.481 e. The number of carboxylic acids is 1. The van der Waals surface area contributed by atoms with Crippen molar-refractivity contribution in [2.45, 2.75) is 68.6 Å². The van der Waals surface area contributed by atoms with Crippen LogP contribution in [0.1, 0.15) is 56.9 Å². The summed E-state index contributed by atoms with van der Waals surface area (Å²) in [5.41, 5.74) is 0.590. The summed E-state index contributed by atoms with van der Waals surface area (Å²) in [5, 5.41) is 18.9. The van der Waals surface area contributed by atoms with Crippen molar-refractivity contribution in [1.29, 1.82) is 0 Å². The molecule has 1 saturated heterocycles. The summed E-state index contributed by atoms with van der Waals surface area (Å²) in [4.78, 5) is 24.8. The highest BCUT2D eigenvalue weighted by atomic mass is 32.2. The number of aliphatic carboxylic acids is 1. The topological polar surface area (TPSA) is 77.8 Å². The zero-order chi connectivity index (χ0) is 20.2. The SMILES string of the molecule is O=C(O)CCCCCCN1C(=O)CCC[C@@H]1/C=C/C(O)SCc1ccccc1. The molecule has 0 aromatic heterocycles.